The third-order valence-electron chi connectivity index (χ3n) is 6.80. The van der Waals surface area contributed by atoms with Crippen molar-refractivity contribution in [3.05, 3.63) is 58.1 Å². The van der Waals surface area contributed by atoms with Crippen LogP contribution in [0.15, 0.2) is 46.9 Å². The number of benzene rings is 2. The number of halogens is 1. The number of methoxy groups -OCH3 is 1. The minimum Gasteiger partial charge on any atom is -0.497 e. The Balaban J connectivity index is 1.78. The Morgan fingerprint density at radius 3 is 2.50 bits per heavy atom. The van der Waals surface area contributed by atoms with Gasteiger partial charge in [-0.15, -0.1) is 0 Å². The number of rotatable bonds is 11. The maximum atomic E-state index is 13.5. The maximum absolute atomic E-state index is 13.5. The Hall–Kier alpha value is -2.54. The van der Waals surface area contributed by atoms with Gasteiger partial charge >= 0.3 is 0 Å². The Kier molecular flexibility index (Phi) is 10.7. The number of hydrogen-bond acceptors (Lipinski definition) is 4. The van der Waals surface area contributed by atoms with Gasteiger partial charge in [0.15, 0.2) is 6.61 Å². The predicted molar refractivity (Wildman–Crippen MR) is 146 cm³/mol. The first kappa shape index (κ1) is 28.0. The molecule has 1 fully saturated rings. The highest BCUT2D eigenvalue weighted by Crippen LogP contribution is 2.29. The summed E-state index contributed by atoms with van der Waals surface area (Å²) in [6.07, 6.45) is 5.99. The van der Waals surface area contributed by atoms with Crippen molar-refractivity contribution < 1.29 is 19.1 Å². The lowest BCUT2D eigenvalue weighted by Gasteiger charge is -2.32. The van der Waals surface area contributed by atoms with Crippen molar-refractivity contribution in [1.29, 1.82) is 0 Å². The van der Waals surface area contributed by atoms with Gasteiger partial charge in [0.2, 0.25) is 5.91 Å². The topological polar surface area (TPSA) is 67.9 Å². The molecular weight excluding hydrogens is 520 g/mol. The van der Waals surface area contributed by atoms with Crippen molar-refractivity contribution >= 4 is 27.7 Å². The van der Waals surface area contributed by atoms with Gasteiger partial charge in [-0.25, -0.2) is 0 Å². The molecule has 0 aromatic heterocycles. The van der Waals surface area contributed by atoms with Gasteiger partial charge in [0.1, 0.15) is 17.5 Å². The summed E-state index contributed by atoms with van der Waals surface area (Å²) in [5.74, 6) is 1.38. The summed E-state index contributed by atoms with van der Waals surface area (Å²) >= 11 is 3.57. The van der Waals surface area contributed by atoms with Gasteiger partial charge in [-0.05, 0) is 76.5 Å². The largest absolute Gasteiger partial charge is 0.497 e. The van der Waals surface area contributed by atoms with Crippen LogP contribution in [0.25, 0.3) is 0 Å². The third kappa shape index (κ3) is 7.73. The van der Waals surface area contributed by atoms with Crippen molar-refractivity contribution in [2.24, 2.45) is 0 Å². The smallest absolute Gasteiger partial charge is 0.261 e. The number of carbonyl (C=O) groups excluding carboxylic acids is 2. The van der Waals surface area contributed by atoms with Crippen LogP contribution >= 0.6 is 15.9 Å². The van der Waals surface area contributed by atoms with E-state index in [1.54, 1.807) is 12.0 Å². The van der Waals surface area contributed by atoms with Crippen molar-refractivity contribution in [3.63, 3.8) is 0 Å². The van der Waals surface area contributed by atoms with Crippen molar-refractivity contribution in [1.82, 2.24) is 10.2 Å². The molecule has 1 aliphatic rings. The highest BCUT2D eigenvalue weighted by atomic mass is 79.9. The van der Waals surface area contributed by atoms with E-state index in [0.29, 0.717) is 30.4 Å². The molecule has 2 aromatic rings. The van der Waals surface area contributed by atoms with Gasteiger partial charge in [-0.1, -0.05) is 58.2 Å². The van der Waals surface area contributed by atoms with Gasteiger partial charge in [-0.2, -0.15) is 0 Å². The van der Waals surface area contributed by atoms with Crippen LogP contribution < -0.4 is 14.8 Å². The van der Waals surface area contributed by atoms with Crippen molar-refractivity contribution in [2.45, 2.75) is 83.8 Å². The average molecular weight is 560 g/mol. The van der Waals surface area contributed by atoms with E-state index in [4.69, 9.17) is 9.47 Å². The second-order valence-corrected chi connectivity index (χ2v) is 10.6. The molecule has 0 unspecified atom stereocenters. The number of carbonyl (C=O) groups is 2. The Bertz CT molecular complexity index is 1020. The van der Waals surface area contributed by atoms with Crippen LogP contribution in [-0.4, -0.2) is 42.5 Å². The van der Waals surface area contributed by atoms with Crippen molar-refractivity contribution in [3.8, 4) is 11.5 Å². The Morgan fingerprint density at radius 2 is 1.86 bits per heavy atom. The monoisotopic (exact) mass is 558 g/mol. The molecule has 0 spiro atoms. The standard InChI is InChI=1S/C29H39BrN2O4/c1-5-26(29(34)31-23-11-7-6-8-12-23)32(18-21-10-9-13-24(16-21)35-4)28(33)19-36-27-15-14-22(20(2)3)17-25(27)30/h9-10,13-17,20,23,26H,5-8,11-12,18-19H2,1-4H3,(H,31,34)/t26-/m0/s1. The zero-order chi connectivity index (χ0) is 26.1. The fourth-order valence-corrected chi connectivity index (χ4v) is 5.16. The van der Waals surface area contributed by atoms with Gasteiger partial charge in [0.25, 0.3) is 5.91 Å². The molecule has 36 heavy (non-hydrogen) atoms. The molecule has 6 nitrogen and oxygen atoms in total. The SMILES string of the molecule is CC[C@@H](C(=O)NC1CCCCC1)N(Cc1cccc(OC)c1)C(=O)COc1ccc(C(C)C)cc1Br. The van der Waals surface area contributed by atoms with E-state index >= 15 is 0 Å². The van der Waals surface area contributed by atoms with Gasteiger partial charge in [0, 0.05) is 12.6 Å². The highest BCUT2D eigenvalue weighted by molar-refractivity contribution is 9.10. The van der Waals surface area contributed by atoms with E-state index in [-0.39, 0.29) is 24.5 Å². The van der Waals surface area contributed by atoms with E-state index in [1.807, 2.05) is 49.4 Å². The van der Waals surface area contributed by atoms with E-state index in [1.165, 1.54) is 12.0 Å². The molecule has 1 saturated carbocycles. The maximum Gasteiger partial charge on any atom is 0.261 e. The predicted octanol–water partition coefficient (Wildman–Crippen LogP) is 6.22. The van der Waals surface area contributed by atoms with Crippen LogP contribution in [0, 0.1) is 0 Å². The molecule has 0 radical (unpaired) electrons. The second-order valence-electron chi connectivity index (χ2n) is 9.77. The number of ether oxygens (including phenoxy) is 2. The van der Waals surface area contributed by atoms with E-state index < -0.39 is 6.04 Å². The summed E-state index contributed by atoms with van der Waals surface area (Å²) in [6, 6.07) is 13.1. The molecule has 196 valence electrons. The van der Waals surface area contributed by atoms with Gasteiger partial charge in [-0.3, -0.25) is 9.59 Å². The first-order valence-electron chi connectivity index (χ1n) is 13.0. The van der Waals surface area contributed by atoms with Crippen LogP contribution in [0.5, 0.6) is 11.5 Å². The zero-order valence-corrected chi connectivity index (χ0v) is 23.5. The summed E-state index contributed by atoms with van der Waals surface area (Å²) in [4.78, 5) is 28.5. The minimum absolute atomic E-state index is 0.0943. The lowest BCUT2D eigenvalue weighted by Crippen LogP contribution is -2.52. The molecule has 2 amide bonds. The second kappa shape index (κ2) is 13.7. The number of amides is 2. The summed E-state index contributed by atoms with van der Waals surface area (Å²) in [5.41, 5.74) is 2.08. The van der Waals surface area contributed by atoms with Crippen LogP contribution in [0.1, 0.15) is 76.3 Å². The first-order valence-corrected chi connectivity index (χ1v) is 13.8. The first-order chi connectivity index (χ1) is 17.3. The van der Waals surface area contributed by atoms with E-state index in [0.717, 1.165) is 35.7 Å². The van der Waals surface area contributed by atoms with Crippen LogP contribution in [0.3, 0.4) is 0 Å². The highest BCUT2D eigenvalue weighted by Gasteiger charge is 2.30. The van der Waals surface area contributed by atoms with E-state index in [2.05, 4.69) is 35.1 Å². The quantitative estimate of drug-likeness (QED) is 0.355. The molecule has 0 aliphatic heterocycles. The lowest BCUT2D eigenvalue weighted by atomic mass is 9.95. The number of nitrogens with zero attached hydrogens (tertiary/aromatic N) is 1. The normalized spacial score (nSPS) is 14.8. The molecule has 0 saturated heterocycles. The fraction of sp³-hybridized carbons (Fsp3) is 0.517. The molecular formula is C29H39BrN2O4. The van der Waals surface area contributed by atoms with Crippen LogP contribution in [0.2, 0.25) is 0 Å². The number of hydrogen-bond donors (Lipinski definition) is 1. The average Bonchev–Trinajstić information content (AvgIpc) is 2.88. The summed E-state index contributed by atoms with van der Waals surface area (Å²) in [5, 5.41) is 3.21. The minimum atomic E-state index is -0.582. The lowest BCUT2D eigenvalue weighted by molar-refractivity contribution is -0.143. The summed E-state index contributed by atoms with van der Waals surface area (Å²) < 4.78 is 12.1. The van der Waals surface area contributed by atoms with Gasteiger partial charge in [0.05, 0.1) is 11.6 Å². The Labute approximate surface area is 223 Å². The molecule has 3 rings (SSSR count). The van der Waals surface area contributed by atoms with Crippen molar-refractivity contribution in [2.75, 3.05) is 13.7 Å². The summed E-state index contributed by atoms with van der Waals surface area (Å²) in [7, 11) is 1.62. The molecule has 1 atom stereocenters. The van der Waals surface area contributed by atoms with Crippen LogP contribution in [-0.2, 0) is 16.1 Å². The molecule has 0 heterocycles. The zero-order valence-electron chi connectivity index (χ0n) is 21.9. The summed E-state index contributed by atoms with van der Waals surface area (Å²) in [6.45, 7) is 6.34. The van der Waals surface area contributed by atoms with E-state index in [9.17, 15) is 9.59 Å². The molecule has 1 N–H and O–H groups in total. The molecule has 7 heteroatoms. The third-order valence-corrected chi connectivity index (χ3v) is 7.42. The van der Waals surface area contributed by atoms with Gasteiger partial charge < -0.3 is 19.7 Å². The van der Waals surface area contributed by atoms with Crippen LogP contribution in [0.4, 0.5) is 0 Å². The molecule has 2 aromatic carbocycles. The fourth-order valence-electron chi connectivity index (χ4n) is 4.65. The molecule has 1 aliphatic carbocycles. The molecule has 0 bridgehead atoms. The Morgan fingerprint density at radius 1 is 1.11 bits per heavy atom. The number of nitrogens with one attached hydrogen (secondary N) is 1.